The van der Waals surface area contributed by atoms with Crippen LogP contribution in [-0.4, -0.2) is 24.7 Å². The van der Waals surface area contributed by atoms with Crippen LogP contribution in [0.3, 0.4) is 0 Å². The molecule has 1 saturated heterocycles. The van der Waals surface area contributed by atoms with Gasteiger partial charge >= 0.3 is 0 Å². The Hall–Kier alpha value is -1.55. The van der Waals surface area contributed by atoms with Crippen LogP contribution in [0.2, 0.25) is 0 Å². The van der Waals surface area contributed by atoms with Gasteiger partial charge in [-0.3, -0.25) is 4.79 Å². The first kappa shape index (κ1) is 12.5. The second kappa shape index (κ2) is 4.85. The number of aryl methyl sites for hydroxylation is 1. The molecule has 102 valence electrons. The SMILES string of the molecule is Cc1ccc(C(=O)NC2CCOC2C2CC2)cc1N. The Kier molecular flexibility index (Phi) is 3.19. The summed E-state index contributed by atoms with van der Waals surface area (Å²) in [6, 6.07) is 5.60. The summed E-state index contributed by atoms with van der Waals surface area (Å²) in [5, 5.41) is 3.09. The predicted octanol–water partition coefficient (Wildman–Crippen LogP) is 1.87. The minimum Gasteiger partial charge on any atom is -0.398 e. The fourth-order valence-electron chi connectivity index (χ4n) is 2.69. The van der Waals surface area contributed by atoms with E-state index in [4.69, 9.17) is 10.5 Å². The molecule has 0 bridgehead atoms. The number of ether oxygens (including phenoxy) is 1. The smallest absolute Gasteiger partial charge is 0.251 e. The van der Waals surface area contributed by atoms with E-state index in [0.717, 1.165) is 18.6 Å². The summed E-state index contributed by atoms with van der Waals surface area (Å²) in [5.74, 6) is 0.601. The number of nitrogens with two attached hydrogens (primary N) is 1. The molecule has 3 N–H and O–H groups in total. The highest BCUT2D eigenvalue weighted by molar-refractivity contribution is 5.95. The minimum absolute atomic E-state index is 0.0483. The van der Waals surface area contributed by atoms with Crippen LogP contribution in [0.15, 0.2) is 18.2 Å². The van der Waals surface area contributed by atoms with E-state index in [2.05, 4.69) is 5.32 Å². The first-order chi connectivity index (χ1) is 9.15. The lowest BCUT2D eigenvalue weighted by molar-refractivity contribution is 0.0729. The third-order valence-corrected chi connectivity index (χ3v) is 4.08. The zero-order valence-corrected chi connectivity index (χ0v) is 11.2. The van der Waals surface area contributed by atoms with Gasteiger partial charge in [-0.2, -0.15) is 0 Å². The normalized spacial score (nSPS) is 26.4. The van der Waals surface area contributed by atoms with Gasteiger partial charge in [0.1, 0.15) is 0 Å². The highest BCUT2D eigenvalue weighted by Gasteiger charge is 2.41. The monoisotopic (exact) mass is 260 g/mol. The van der Waals surface area contributed by atoms with Crippen molar-refractivity contribution in [1.82, 2.24) is 5.32 Å². The molecular weight excluding hydrogens is 240 g/mol. The molecule has 2 fully saturated rings. The third-order valence-electron chi connectivity index (χ3n) is 4.08. The Balaban J connectivity index is 1.68. The van der Waals surface area contributed by atoms with Gasteiger partial charge in [-0.15, -0.1) is 0 Å². The largest absolute Gasteiger partial charge is 0.398 e. The molecule has 19 heavy (non-hydrogen) atoms. The number of nitrogens with one attached hydrogen (secondary N) is 1. The van der Waals surface area contributed by atoms with Gasteiger partial charge in [0, 0.05) is 17.9 Å². The molecule has 1 aromatic carbocycles. The van der Waals surface area contributed by atoms with Crippen LogP contribution in [0.1, 0.15) is 35.2 Å². The number of hydrogen-bond acceptors (Lipinski definition) is 3. The molecule has 1 heterocycles. The Morgan fingerprint density at radius 2 is 2.16 bits per heavy atom. The van der Waals surface area contributed by atoms with Crippen molar-refractivity contribution in [2.45, 2.75) is 38.3 Å². The molecule has 0 radical (unpaired) electrons. The van der Waals surface area contributed by atoms with Gasteiger partial charge in [-0.25, -0.2) is 0 Å². The Morgan fingerprint density at radius 3 is 2.84 bits per heavy atom. The lowest BCUT2D eigenvalue weighted by atomic mass is 10.0. The van der Waals surface area contributed by atoms with Crippen molar-refractivity contribution in [3.8, 4) is 0 Å². The van der Waals surface area contributed by atoms with Gasteiger partial charge in [0.05, 0.1) is 12.1 Å². The summed E-state index contributed by atoms with van der Waals surface area (Å²) in [6.45, 7) is 2.69. The fraction of sp³-hybridized carbons (Fsp3) is 0.533. The molecule has 2 atom stereocenters. The fourth-order valence-corrected chi connectivity index (χ4v) is 2.69. The van der Waals surface area contributed by atoms with Crippen LogP contribution in [0, 0.1) is 12.8 Å². The second-order valence-corrected chi connectivity index (χ2v) is 5.61. The molecule has 0 spiro atoms. The summed E-state index contributed by atoms with van der Waals surface area (Å²) in [4.78, 5) is 12.2. The zero-order valence-electron chi connectivity index (χ0n) is 11.2. The van der Waals surface area contributed by atoms with Crippen LogP contribution in [0.4, 0.5) is 5.69 Å². The van der Waals surface area contributed by atoms with E-state index in [1.807, 2.05) is 19.1 Å². The number of rotatable bonds is 3. The number of hydrogen-bond donors (Lipinski definition) is 2. The van der Waals surface area contributed by atoms with Gasteiger partial charge in [-0.1, -0.05) is 6.07 Å². The van der Waals surface area contributed by atoms with Gasteiger partial charge in [-0.05, 0) is 49.8 Å². The maximum absolute atomic E-state index is 12.2. The molecule has 4 heteroatoms. The highest BCUT2D eigenvalue weighted by atomic mass is 16.5. The van der Waals surface area contributed by atoms with E-state index in [1.54, 1.807) is 6.07 Å². The Labute approximate surface area is 113 Å². The molecule has 1 aliphatic heterocycles. The third kappa shape index (κ3) is 2.59. The van der Waals surface area contributed by atoms with Crippen LogP contribution in [0.5, 0.6) is 0 Å². The van der Waals surface area contributed by atoms with E-state index in [0.29, 0.717) is 17.2 Å². The highest BCUT2D eigenvalue weighted by Crippen LogP contribution is 2.38. The summed E-state index contributed by atoms with van der Waals surface area (Å²) in [5.41, 5.74) is 8.13. The number of anilines is 1. The number of carbonyl (C=O) groups excluding carboxylic acids is 1. The van der Waals surface area contributed by atoms with Gasteiger partial charge < -0.3 is 15.8 Å². The lowest BCUT2D eigenvalue weighted by Crippen LogP contribution is -2.41. The molecule has 4 nitrogen and oxygen atoms in total. The van der Waals surface area contributed by atoms with Crippen molar-refractivity contribution in [2.24, 2.45) is 5.92 Å². The van der Waals surface area contributed by atoms with E-state index in [-0.39, 0.29) is 18.1 Å². The maximum atomic E-state index is 12.2. The van der Waals surface area contributed by atoms with Crippen molar-refractivity contribution in [2.75, 3.05) is 12.3 Å². The molecule has 0 aromatic heterocycles. The van der Waals surface area contributed by atoms with Crippen molar-refractivity contribution < 1.29 is 9.53 Å². The summed E-state index contributed by atoms with van der Waals surface area (Å²) in [6.07, 6.45) is 3.59. The second-order valence-electron chi connectivity index (χ2n) is 5.61. The molecule has 3 rings (SSSR count). The lowest BCUT2D eigenvalue weighted by Gasteiger charge is -2.19. The number of benzene rings is 1. The predicted molar refractivity (Wildman–Crippen MR) is 73.9 cm³/mol. The van der Waals surface area contributed by atoms with Crippen molar-refractivity contribution in [3.63, 3.8) is 0 Å². The van der Waals surface area contributed by atoms with Crippen molar-refractivity contribution in [1.29, 1.82) is 0 Å². The van der Waals surface area contributed by atoms with Crippen LogP contribution < -0.4 is 11.1 Å². The van der Waals surface area contributed by atoms with Gasteiger partial charge in [0.15, 0.2) is 0 Å². The van der Waals surface area contributed by atoms with Crippen molar-refractivity contribution >= 4 is 11.6 Å². The molecule has 2 unspecified atom stereocenters. The van der Waals surface area contributed by atoms with E-state index < -0.39 is 0 Å². The summed E-state index contributed by atoms with van der Waals surface area (Å²) < 4.78 is 5.73. The van der Waals surface area contributed by atoms with Crippen LogP contribution >= 0.6 is 0 Å². The van der Waals surface area contributed by atoms with Gasteiger partial charge in [0.25, 0.3) is 5.91 Å². The van der Waals surface area contributed by atoms with Gasteiger partial charge in [0.2, 0.25) is 0 Å². The molecule has 2 aliphatic rings. The molecule has 1 aromatic rings. The topological polar surface area (TPSA) is 64.3 Å². The Morgan fingerprint density at radius 1 is 1.37 bits per heavy atom. The van der Waals surface area contributed by atoms with E-state index in [9.17, 15) is 4.79 Å². The van der Waals surface area contributed by atoms with E-state index >= 15 is 0 Å². The summed E-state index contributed by atoms with van der Waals surface area (Å²) >= 11 is 0. The number of carbonyl (C=O) groups is 1. The average molecular weight is 260 g/mol. The van der Waals surface area contributed by atoms with Crippen molar-refractivity contribution in [3.05, 3.63) is 29.3 Å². The molecular formula is C15H20N2O2. The Bertz CT molecular complexity index is 497. The van der Waals surface area contributed by atoms with Crippen LogP contribution in [0.25, 0.3) is 0 Å². The summed E-state index contributed by atoms with van der Waals surface area (Å²) in [7, 11) is 0. The first-order valence-corrected chi connectivity index (χ1v) is 6.94. The molecule has 1 amide bonds. The maximum Gasteiger partial charge on any atom is 0.251 e. The standard InChI is InChI=1S/C15H20N2O2/c1-9-2-3-11(8-12(9)16)15(18)17-13-6-7-19-14(13)10-4-5-10/h2-3,8,10,13-14H,4-7,16H2,1H3,(H,17,18). The quantitative estimate of drug-likeness (QED) is 0.815. The van der Waals surface area contributed by atoms with E-state index in [1.165, 1.54) is 12.8 Å². The molecule has 1 aliphatic carbocycles. The minimum atomic E-state index is -0.0483. The number of amides is 1. The number of nitrogen functional groups attached to an aromatic ring is 1. The zero-order chi connectivity index (χ0) is 13.4. The first-order valence-electron chi connectivity index (χ1n) is 6.94. The molecule has 1 saturated carbocycles. The average Bonchev–Trinajstić information content (AvgIpc) is 3.13. The van der Waals surface area contributed by atoms with Crippen LogP contribution in [-0.2, 0) is 4.74 Å².